The van der Waals surface area contributed by atoms with Crippen molar-refractivity contribution in [2.75, 3.05) is 18.8 Å². The summed E-state index contributed by atoms with van der Waals surface area (Å²) < 4.78 is 0. The Morgan fingerprint density at radius 2 is 1.82 bits per heavy atom. The maximum absolute atomic E-state index is 11.8. The normalized spacial score (nSPS) is 18.4. The van der Waals surface area contributed by atoms with Gasteiger partial charge in [0.25, 0.3) is 5.69 Å². The van der Waals surface area contributed by atoms with Gasteiger partial charge in [0.15, 0.2) is 5.96 Å². The summed E-state index contributed by atoms with van der Waals surface area (Å²) in [5.41, 5.74) is 16.2. The van der Waals surface area contributed by atoms with Crippen molar-refractivity contribution in [2.45, 2.75) is 56.7 Å². The van der Waals surface area contributed by atoms with Gasteiger partial charge in [0.2, 0.25) is 11.8 Å². The second-order valence-electron chi connectivity index (χ2n) is 8.34. The molecule has 11 N–H and O–H groups in total. The maximum atomic E-state index is 11.8. The third kappa shape index (κ3) is 12.5. The molecule has 38 heavy (non-hydrogen) atoms. The van der Waals surface area contributed by atoms with E-state index in [-0.39, 0.29) is 29.5 Å². The molecule has 2 saturated heterocycles. The zero-order chi connectivity index (χ0) is 28.7. The first-order valence-electron chi connectivity index (χ1n) is 11.7. The Kier molecular flexibility index (Phi) is 13.5. The summed E-state index contributed by atoms with van der Waals surface area (Å²) in [7, 11) is 0. The van der Waals surface area contributed by atoms with Crippen LogP contribution in [0.3, 0.4) is 0 Å². The molecule has 1 aromatic carbocycles. The van der Waals surface area contributed by atoms with Crippen LogP contribution in [0.25, 0.3) is 0 Å². The van der Waals surface area contributed by atoms with Crippen LogP contribution in [0.2, 0.25) is 0 Å². The molecule has 16 nitrogen and oxygen atoms in total. The molecule has 2 fully saturated rings. The molecule has 0 saturated carbocycles. The van der Waals surface area contributed by atoms with Crippen molar-refractivity contribution in [3.05, 3.63) is 34.4 Å². The third-order valence-corrected chi connectivity index (χ3v) is 5.33. The number of aliphatic imine (C=N–C) groups is 1. The lowest BCUT2D eigenvalue weighted by Crippen LogP contribution is -2.48. The average molecular weight is 539 g/mol. The zero-order valence-electron chi connectivity index (χ0n) is 20.7. The van der Waals surface area contributed by atoms with Crippen LogP contribution in [0.1, 0.15) is 38.5 Å². The summed E-state index contributed by atoms with van der Waals surface area (Å²) in [6.07, 6.45) is 3.23. The summed E-state index contributed by atoms with van der Waals surface area (Å²) in [6, 6.07) is 3.92. The van der Waals surface area contributed by atoms with Crippen LogP contribution in [-0.2, 0) is 19.2 Å². The lowest BCUT2D eigenvalue weighted by Gasteiger charge is -2.17. The Morgan fingerprint density at radius 3 is 2.24 bits per heavy atom. The highest BCUT2D eigenvalue weighted by Crippen LogP contribution is 2.12. The predicted octanol–water partition coefficient (Wildman–Crippen LogP) is -1.11. The van der Waals surface area contributed by atoms with E-state index in [0.29, 0.717) is 37.9 Å². The topological polar surface area (TPSA) is 278 Å². The number of non-ortho nitro benzene ring substituents is 1. The third-order valence-electron chi connectivity index (χ3n) is 5.33. The largest absolute Gasteiger partial charge is 0.480 e. The Hall–Kier alpha value is -4.47. The Balaban J connectivity index is 0.000000317. The molecule has 2 aliphatic rings. The van der Waals surface area contributed by atoms with Crippen LogP contribution in [0.4, 0.5) is 11.4 Å². The molecule has 0 bridgehead atoms. The molecular formula is C22H34N8O8. The van der Waals surface area contributed by atoms with Gasteiger partial charge in [-0.2, -0.15) is 0 Å². The second-order valence-corrected chi connectivity index (χ2v) is 8.34. The Morgan fingerprint density at radius 1 is 1.16 bits per heavy atom. The minimum absolute atomic E-state index is 0.0222. The van der Waals surface area contributed by atoms with Crippen molar-refractivity contribution < 1.29 is 34.3 Å². The number of carboxylic acid groups (broad SMARTS) is 2. The minimum Gasteiger partial charge on any atom is -0.480 e. The van der Waals surface area contributed by atoms with Gasteiger partial charge >= 0.3 is 11.9 Å². The summed E-state index contributed by atoms with van der Waals surface area (Å²) >= 11 is 0. The van der Waals surface area contributed by atoms with E-state index < -0.39 is 28.9 Å². The molecule has 2 aliphatic heterocycles. The number of nitro benzene ring substituents is 1. The molecule has 0 aliphatic carbocycles. The van der Waals surface area contributed by atoms with Gasteiger partial charge in [-0.05, 0) is 50.8 Å². The number of rotatable bonds is 9. The van der Waals surface area contributed by atoms with Crippen LogP contribution in [0, 0.1) is 10.1 Å². The lowest BCUT2D eigenvalue weighted by atomic mass is 10.1. The van der Waals surface area contributed by atoms with Crippen LogP contribution >= 0.6 is 0 Å². The summed E-state index contributed by atoms with van der Waals surface area (Å²) in [5.74, 6) is -2.43. The molecule has 2 heterocycles. The molecular weight excluding hydrogens is 504 g/mol. The fraction of sp³-hybridized carbons (Fsp3) is 0.500. The van der Waals surface area contributed by atoms with Gasteiger partial charge in [-0.25, -0.2) is 9.59 Å². The van der Waals surface area contributed by atoms with Crippen LogP contribution < -0.4 is 33.2 Å². The van der Waals surface area contributed by atoms with E-state index in [1.54, 1.807) is 0 Å². The Bertz CT molecular complexity index is 992. The highest BCUT2D eigenvalue weighted by molar-refractivity contribution is 5.87. The van der Waals surface area contributed by atoms with E-state index in [1.807, 2.05) is 0 Å². The number of aliphatic carboxylic acids is 2. The Labute approximate surface area is 218 Å². The number of nitrogens with one attached hydrogen (secondary N) is 3. The van der Waals surface area contributed by atoms with E-state index in [9.17, 15) is 29.3 Å². The molecule has 1 aromatic rings. The van der Waals surface area contributed by atoms with Crippen molar-refractivity contribution in [3.8, 4) is 0 Å². The zero-order valence-corrected chi connectivity index (χ0v) is 20.7. The monoisotopic (exact) mass is 538 g/mol. The second kappa shape index (κ2) is 16.3. The summed E-state index contributed by atoms with van der Waals surface area (Å²) in [6.45, 7) is 1.14. The summed E-state index contributed by atoms with van der Waals surface area (Å²) in [4.78, 5) is 56.8. The van der Waals surface area contributed by atoms with Crippen molar-refractivity contribution in [2.24, 2.45) is 16.5 Å². The molecule has 0 radical (unpaired) electrons. The SMILES string of the molecule is NC(N)=NCCCC(NC(=O)[C@@H]1CCCN1)C(=O)O.Nc1ccc([N+](=O)[O-])cc1.O=C1CC[C@@H](C(=O)O)N1. The van der Waals surface area contributed by atoms with Crippen LogP contribution in [0.5, 0.6) is 0 Å². The number of benzene rings is 1. The standard InChI is InChI=1S/C11H21N5O3.C6H6N2O2.C5H7NO3/c12-11(13)15-6-2-4-8(10(18)19)16-9(17)7-3-1-5-14-7;7-5-1-3-6(4-2-5)8(9)10;7-4-2-1-3(6-4)5(8)9/h7-8,14H,1-6H2,(H,16,17)(H,18,19)(H4,12,13,15);1-4H,7H2;3H,1-2H2,(H,6,7)(H,8,9)/t7-,8?;;3-/m0.0/s1. The van der Waals surface area contributed by atoms with E-state index >= 15 is 0 Å². The molecule has 3 rings (SSSR count). The number of anilines is 1. The van der Waals surface area contributed by atoms with Crippen molar-refractivity contribution >= 4 is 41.1 Å². The van der Waals surface area contributed by atoms with Gasteiger partial charge in [0.05, 0.1) is 11.0 Å². The molecule has 0 aromatic heterocycles. The van der Waals surface area contributed by atoms with Crippen LogP contribution in [0.15, 0.2) is 29.3 Å². The number of nitrogens with two attached hydrogens (primary N) is 3. The van der Waals surface area contributed by atoms with E-state index in [0.717, 1.165) is 19.4 Å². The van der Waals surface area contributed by atoms with Gasteiger partial charge in [-0.1, -0.05) is 0 Å². The molecule has 0 spiro atoms. The van der Waals surface area contributed by atoms with Crippen molar-refractivity contribution in [1.29, 1.82) is 0 Å². The number of carboxylic acids is 2. The number of guanidine groups is 1. The quantitative estimate of drug-likeness (QED) is 0.0464. The number of carbonyl (C=O) groups excluding carboxylic acids is 2. The fourth-order valence-corrected chi connectivity index (χ4v) is 3.34. The summed E-state index contributed by atoms with van der Waals surface area (Å²) in [5, 5.41) is 35.3. The van der Waals surface area contributed by atoms with Gasteiger partial charge in [-0.15, -0.1) is 0 Å². The van der Waals surface area contributed by atoms with Crippen molar-refractivity contribution in [3.63, 3.8) is 0 Å². The number of amides is 2. The van der Waals surface area contributed by atoms with E-state index in [1.165, 1.54) is 24.3 Å². The van der Waals surface area contributed by atoms with E-state index in [2.05, 4.69) is 20.9 Å². The molecule has 2 amide bonds. The molecule has 3 atom stereocenters. The number of hydrogen-bond acceptors (Lipinski definition) is 9. The minimum atomic E-state index is -1.05. The smallest absolute Gasteiger partial charge is 0.326 e. The average Bonchev–Trinajstić information content (AvgIpc) is 3.54. The molecule has 210 valence electrons. The number of hydrogen-bond donors (Lipinski definition) is 8. The molecule has 16 heteroatoms. The van der Waals surface area contributed by atoms with Gasteiger partial charge in [0.1, 0.15) is 12.1 Å². The number of carbonyl (C=O) groups is 4. The van der Waals surface area contributed by atoms with Gasteiger partial charge < -0.3 is 43.4 Å². The first kappa shape index (κ1) is 31.6. The fourth-order valence-electron chi connectivity index (χ4n) is 3.34. The van der Waals surface area contributed by atoms with Gasteiger partial charge in [-0.3, -0.25) is 24.7 Å². The van der Waals surface area contributed by atoms with Crippen molar-refractivity contribution in [1.82, 2.24) is 16.0 Å². The number of nitrogens with zero attached hydrogens (tertiary/aromatic N) is 2. The number of nitrogen functional groups attached to an aromatic ring is 1. The number of nitro groups is 1. The first-order valence-corrected chi connectivity index (χ1v) is 11.7. The maximum Gasteiger partial charge on any atom is 0.326 e. The van der Waals surface area contributed by atoms with E-state index in [4.69, 9.17) is 27.4 Å². The lowest BCUT2D eigenvalue weighted by molar-refractivity contribution is -0.384. The van der Waals surface area contributed by atoms with Gasteiger partial charge in [0, 0.05) is 30.8 Å². The highest BCUT2D eigenvalue weighted by Gasteiger charge is 2.27. The van der Waals surface area contributed by atoms with Crippen LogP contribution in [-0.4, -0.2) is 76.1 Å². The first-order chi connectivity index (χ1) is 17.9. The predicted molar refractivity (Wildman–Crippen MR) is 137 cm³/mol. The molecule has 1 unspecified atom stereocenters. The highest BCUT2D eigenvalue weighted by atomic mass is 16.6.